The van der Waals surface area contributed by atoms with Crippen molar-refractivity contribution in [2.75, 3.05) is 12.4 Å². The van der Waals surface area contributed by atoms with E-state index < -0.39 is 0 Å². The molecular formula is C22H29N4O+. The third kappa shape index (κ3) is 4.18. The number of anilines is 1. The molecule has 0 amide bonds. The van der Waals surface area contributed by atoms with Crippen molar-refractivity contribution in [1.82, 2.24) is 9.38 Å². The maximum absolute atomic E-state index is 12.1. The van der Waals surface area contributed by atoms with Gasteiger partial charge in [0, 0.05) is 27.5 Å². The van der Waals surface area contributed by atoms with E-state index in [4.69, 9.17) is 4.98 Å². The molecule has 1 N–H and O–H groups in total. The van der Waals surface area contributed by atoms with Crippen molar-refractivity contribution in [2.24, 2.45) is 5.41 Å². The Morgan fingerprint density at radius 1 is 1.04 bits per heavy atom. The van der Waals surface area contributed by atoms with Gasteiger partial charge >= 0.3 is 0 Å². The number of pyridine rings is 1. The Labute approximate surface area is 161 Å². The van der Waals surface area contributed by atoms with E-state index in [1.165, 1.54) is 7.05 Å². The van der Waals surface area contributed by atoms with E-state index in [1.807, 2.05) is 48.7 Å². The summed E-state index contributed by atoms with van der Waals surface area (Å²) in [5, 5.41) is 3.71. The highest BCUT2D eigenvalue weighted by Crippen LogP contribution is 2.37. The molecule has 5 nitrogen and oxygen atoms in total. The van der Waals surface area contributed by atoms with Crippen molar-refractivity contribution >= 4 is 17.2 Å². The van der Waals surface area contributed by atoms with Crippen molar-refractivity contribution in [3.05, 3.63) is 53.6 Å². The van der Waals surface area contributed by atoms with E-state index in [0.717, 1.165) is 33.9 Å². The highest BCUT2D eigenvalue weighted by Gasteiger charge is 2.29. The minimum atomic E-state index is -0.142. The second kappa shape index (κ2) is 6.80. The average Bonchev–Trinajstić information content (AvgIpc) is 2.90. The Kier molecular flexibility index (Phi) is 4.81. The molecule has 0 saturated carbocycles. The number of imidazole rings is 1. The van der Waals surface area contributed by atoms with Crippen LogP contribution < -0.4 is 5.32 Å². The lowest BCUT2D eigenvalue weighted by atomic mass is 9.82. The summed E-state index contributed by atoms with van der Waals surface area (Å²) >= 11 is 0. The summed E-state index contributed by atoms with van der Waals surface area (Å²) in [6.45, 7) is 11.1. The molecule has 5 heteroatoms. The molecular weight excluding hydrogens is 336 g/mol. The number of para-hydroxylation sites is 1. The topological polar surface area (TPSA) is 49.4 Å². The first-order valence-electron chi connectivity index (χ1n) is 9.33. The lowest BCUT2D eigenvalue weighted by Gasteiger charge is -2.34. The van der Waals surface area contributed by atoms with Crippen molar-refractivity contribution in [1.29, 1.82) is 0 Å². The Hall–Kier alpha value is -2.69. The van der Waals surface area contributed by atoms with Crippen LogP contribution in [0.2, 0.25) is 0 Å². The van der Waals surface area contributed by atoms with Gasteiger partial charge in [0.05, 0.1) is 5.56 Å². The average molecular weight is 366 g/mol. The van der Waals surface area contributed by atoms with Crippen LogP contribution in [-0.4, -0.2) is 26.7 Å². The van der Waals surface area contributed by atoms with Crippen LogP contribution >= 0.6 is 0 Å². The molecule has 3 rings (SSSR count). The van der Waals surface area contributed by atoms with Gasteiger partial charge in [-0.3, -0.25) is 4.40 Å². The van der Waals surface area contributed by atoms with Gasteiger partial charge in [0.15, 0.2) is 7.05 Å². The Bertz CT molecular complexity index is 979. The molecule has 0 unspecified atom stereocenters. The van der Waals surface area contributed by atoms with E-state index >= 15 is 0 Å². The molecule has 0 fully saturated rings. The molecule has 2 heterocycles. The lowest BCUT2D eigenvalue weighted by Crippen LogP contribution is -2.36. The molecule has 0 aliphatic rings. The Balaban J connectivity index is 2.18. The summed E-state index contributed by atoms with van der Waals surface area (Å²) in [6.07, 6.45) is 2.99. The number of rotatable bonds is 5. The van der Waals surface area contributed by atoms with E-state index in [2.05, 4.69) is 44.3 Å². The van der Waals surface area contributed by atoms with Crippen LogP contribution in [0.1, 0.15) is 41.0 Å². The lowest BCUT2D eigenvalue weighted by molar-refractivity contribution is -0.427. The minimum Gasteiger partial charge on any atom is -0.364 e. The van der Waals surface area contributed by atoms with E-state index in [1.54, 1.807) is 0 Å². The van der Waals surface area contributed by atoms with Gasteiger partial charge in [-0.05, 0) is 43.9 Å². The molecule has 2 aromatic heterocycles. The van der Waals surface area contributed by atoms with Crippen LogP contribution in [0.3, 0.4) is 0 Å². The zero-order chi connectivity index (χ0) is 19.8. The van der Waals surface area contributed by atoms with Gasteiger partial charge in [-0.15, -0.1) is 0 Å². The maximum atomic E-state index is 12.1. The van der Waals surface area contributed by atoms with Crippen molar-refractivity contribution < 1.29 is 4.76 Å². The van der Waals surface area contributed by atoms with E-state index in [0.29, 0.717) is 5.69 Å². The number of nitroso groups, excluding NO2 is 1. The van der Waals surface area contributed by atoms with Gasteiger partial charge < -0.3 is 5.32 Å². The van der Waals surface area contributed by atoms with E-state index in [-0.39, 0.29) is 11.0 Å². The third-order valence-electron chi connectivity index (χ3n) is 4.46. The van der Waals surface area contributed by atoms with Gasteiger partial charge in [-0.1, -0.05) is 39.0 Å². The van der Waals surface area contributed by atoms with Crippen molar-refractivity contribution in [2.45, 2.75) is 46.6 Å². The summed E-state index contributed by atoms with van der Waals surface area (Å²) in [6, 6.07) is 13.5. The Morgan fingerprint density at radius 3 is 2.37 bits per heavy atom. The van der Waals surface area contributed by atoms with Gasteiger partial charge in [-0.25, -0.2) is 4.98 Å². The summed E-state index contributed by atoms with van der Waals surface area (Å²) in [5.41, 5.74) is 3.12. The standard InChI is InChI=1S/C22H29N4O/c1-21(2,3)15-22(4,5)24-20-19(23-18-13-9-10-14-26(18)20)16-11-7-8-12-17(16)25(6)27/h7-14,24H,15H2,1-6H3/q+1. The SMILES string of the molecule is C[N+](=O)c1ccccc1-c1nc2ccccn2c1NC(C)(C)CC(C)(C)C. The smallest absolute Gasteiger partial charge is 0.265 e. The highest BCUT2D eigenvalue weighted by molar-refractivity contribution is 5.82. The molecule has 3 aromatic rings. The number of benzene rings is 1. The molecule has 0 bridgehead atoms. The second-order valence-electron chi connectivity index (χ2n) is 9.00. The van der Waals surface area contributed by atoms with Crippen LogP contribution in [0.25, 0.3) is 16.9 Å². The zero-order valence-electron chi connectivity index (χ0n) is 17.1. The predicted octanol–water partition coefficient (Wildman–Crippen LogP) is 5.67. The Morgan fingerprint density at radius 2 is 1.70 bits per heavy atom. The highest BCUT2D eigenvalue weighted by atomic mass is 16.3. The second-order valence-corrected chi connectivity index (χ2v) is 9.00. The first-order chi connectivity index (χ1) is 12.6. The van der Waals surface area contributed by atoms with Crippen LogP contribution in [0.15, 0.2) is 48.7 Å². The fourth-order valence-electron chi connectivity index (χ4n) is 3.94. The van der Waals surface area contributed by atoms with E-state index in [9.17, 15) is 4.91 Å². The monoisotopic (exact) mass is 365 g/mol. The predicted molar refractivity (Wildman–Crippen MR) is 112 cm³/mol. The summed E-state index contributed by atoms with van der Waals surface area (Å²) < 4.78 is 2.95. The molecule has 0 radical (unpaired) electrons. The van der Waals surface area contributed by atoms with Gasteiger partial charge in [0.1, 0.15) is 17.2 Å². The summed E-state index contributed by atoms with van der Waals surface area (Å²) in [7, 11) is 1.52. The van der Waals surface area contributed by atoms with Crippen molar-refractivity contribution in [3.63, 3.8) is 0 Å². The van der Waals surface area contributed by atoms with Gasteiger partial charge in [0.2, 0.25) is 0 Å². The number of aromatic nitrogens is 2. The first-order valence-corrected chi connectivity index (χ1v) is 9.33. The zero-order valence-corrected chi connectivity index (χ0v) is 17.1. The number of fused-ring (bicyclic) bond motifs is 1. The summed E-state index contributed by atoms with van der Waals surface area (Å²) in [5.74, 6) is 0.911. The number of hydrogen-bond acceptors (Lipinski definition) is 3. The molecule has 0 aliphatic heterocycles. The molecule has 1 aromatic carbocycles. The molecule has 0 spiro atoms. The van der Waals surface area contributed by atoms with Crippen molar-refractivity contribution in [3.8, 4) is 11.3 Å². The first kappa shape index (κ1) is 19.1. The van der Waals surface area contributed by atoms with Crippen LogP contribution in [0, 0.1) is 10.3 Å². The van der Waals surface area contributed by atoms with Crippen LogP contribution in [0.4, 0.5) is 11.5 Å². The number of nitrogens with zero attached hydrogens (tertiary/aromatic N) is 3. The molecule has 142 valence electrons. The molecule has 0 aliphatic carbocycles. The van der Waals surface area contributed by atoms with Crippen LogP contribution in [-0.2, 0) is 0 Å². The molecule has 27 heavy (non-hydrogen) atoms. The fraction of sp³-hybridized carbons (Fsp3) is 0.409. The maximum Gasteiger partial charge on any atom is 0.265 e. The number of nitrogens with one attached hydrogen (secondary N) is 1. The van der Waals surface area contributed by atoms with Gasteiger partial charge in [0.25, 0.3) is 5.69 Å². The molecule has 0 atom stereocenters. The van der Waals surface area contributed by atoms with Crippen LogP contribution in [0.5, 0.6) is 0 Å². The fourth-order valence-corrected chi connectivity index (χ4v) is 3.94. The summed E-state index contributed by atoms with van der Waals surface area (Å²) in [4.78, 5) is 16.9. The number of hydrogen-bond donors (Lipinski definition) is 1. The minimum absolute atomic E-state index is 0.142. The quantitative estimate of drug-likeness (QED) is 0.593. The van der Waals surface area contributed by atoms with Gasteiger partial charge in [-0.2, -0.15) is 0 Å². The normalized spacial score (nSPS) is 12.4. The molecule has 0 saturated heterocycles. The largest absolute Gasteiger partial charge is 0.364 e. The third-order valence-corrected chi connectivity index (χ3v) is 4.46.